The molecule has 134 valence electrons. The molecule has 3 fully saturated rings. The van der Waals surface area contributed by atoms with Crippen molar-refractivity contribution in [1.29, 1.82) is 0 Å². The molecule has 0 unspecified atom stereocenters. The summed E-state index contributed by atoms with van der Waals surface area (Å²) in [6.45, 7) is 3.50. The minimum absolute atomic E-state index is 0.0109. The molecular weight excluding hydrogens is 290 g/mol. The molecule has 1 spiro atoms. The van der Waals surface area contributed by atoms with Crippen LogP contribution in [-0.2, 0) is 4.79 Å². The highest BCUT2D eigenvalue weighted by Gasteiger charge is 2.44. The van der Waals surface area contributed by atoms with E-state index in [9.17, 15) is 5.11 Å². The van der Waals surface area contributed by atoms with E-state index in [2.05, 4.69) is 4.90 Å². The summed E-state index contributed by atoms with van der Waals surface area (Å²) < 4.78 is 0. The van der Waals surface area contributed by atoms with Crippen LogP contribution in [-0.4, -0.2) is 47.3 Å². The first kappa shape index (κ1) is 18.7. The molecular formula is C19H35NO3. The summed E-state index contributed by atoms with van der Waals surface area (Å²) in [7, 11) is 0. The first-order valence-electron chi connectivity index (χ1n) is 9.68. The zero-order valence-corrected chi connectivity index (χ0v) is 14.6. The lowest BCUT2D eigenvalue weighted by atomic mass is 9.76. The number of hydrogen-bond acceptors (Lipinski definition) is 3. The van der Waals surface area contributed by atoms with Crippen LogP contribution in [0.4, 0.5) is 0 Å². The Hall–Kier alpha value is -0.610. The summed E-state index contributed by atoms with van der Waals surface area (Å²) >= 11 is 0. The standard InChI is InChI=1S/C18H33NO.CH2O2/c20-17-9-5-11-18(17)12-6-13-19(15-18)14-10-16-7-3-1-2-4-8-16;2-1-3/h16-17,20H,1-15H2;1H,(H,2,3)/t17-,18+;/m1./s1. The van der Waals surface area contributed by atoms with Crippen LogP contribution < -0.4 is 0 Å². The van der Waals surface area contributed by atoms with Gasteiger partial charge in [0.1, 0.15) is 0 Å². The summed E-state index contributed by atoms with van der Waals surface area (Å²) in [5, 5.41) is 17.2. The molecule has 2 atom stereocenters. The van der Waals surface area contributed by atoms with Gasteiger partial charge in [0.2, 0.25) is 0 Å². The highest BCUT2D eigenvalue weighted by atomic mass is 16.3. The Bertz CT molecular complexity index is 342. The average Bonchev–Trinajstić information content (AvgIpc) is 2.77. The van der Waals surface area contributed by atoms with Crippen molar-refractivity contribution >= 4 is 6.47 Å². The second-order valence-electron chi connectivity index (χ2n) is 7.90. The van der Waals surface area contributed by atoms with Crippen LogP contribution >= 0.6 is 0 Å². The van der Waals surface area contributed by atoms with Gasteiger partial charge < -0.3 is 15.1 Å². The Kier molecular flexibility index (Phi) is 7.84. The molecule has 0 radical (unpaired) electrons. The second kappa shape index (κ2) is 9.63. The van der Waals surface area contributed by atoms with Crippen molar-refractivity contribution in [2.45, 2.75) is 83.2 Å². The molecule has 1 heterocycles. The molecule has 3 rings (SSSR count). The maximum absolute atomic E-state index is 10.3. The van der Waals surface area contributed by atoms with Gasteiger partial charge in [-0.25, -0.2) is 0 Å². The van der Waals surface area contributed by atoms with Crippen molar-refractivity contribution in [2.75, 3.05) is 19.6 Å². The average molecular weight is 325 g/mol. The van der Waals surface area contributed by atoms with E-state index in [0.29, 0.717) is 0 Å². The largest absolute Gasteiger partial charge is 0.483 e. The van der Waals surface area contributed by atoms with Gasteiger partial charge in [-0.1, -0.05) is 44.9 Å². The van der Waals surface area contributed by atoms with Crippen LogP contribution in [0.3, 0.4) is 0 Å². The molecule has 23 heavy (non-hydrogen) atoms. The summed E-state index contributed by atoms with van der Waals surface area (Å²) in [5.41, 5.74) is 0.279. The number of likely N-dealkylation sites (tertiary alicyclic amines) is 1. The maximum Gasteiger partial charge on any atom is 0.290 e. The van der Waals surface area contributed by atoms with E-state index < -0.39 is 0 Å². The van der Waals surface area contributed by atoms with Crippen LogP contribution in [0, 0.1) is 11.3 Å². The lowest BCUT2D eigenvalue weighted by Gasteiger charge is -2.43. The molecule has 0 amide bonds. The highest BCUT2D eigenvalue weighted by molar-refractivity contribution is 5.32. The number of aliphatic hydroxyl groups excluding tert-OH is 1. The SMILES string of the molecule is O=CO.O[C@@H]1CCC[C@@]12CCCN(CCC1CCCCCC1)C2. The van der Waals surface area contributed by atoms with Gasteiger partial charge in [-0.3, -0.25) is 4.79 Å². The van der Waals surface area contributed by atoms with E-state index in [1.165, 1.54) is 90.3 Å². The second-order valence-corrected chi connectivity index (χ2v) is 7.90. The number of aliphatic hydroxyl groups is 1. The van der Waals surface area contributed by atoms with Gasteiger partial charge in [0.15, 0.2) is 0 Å². The van der Waals surface area contributed by atoms with Gasteiger partial charge in [0, 0.05) is 12.0 Å². The van der Waals surface area contributed by atoms with E-state index >= 15 is 0 Å². The molecule has 4 heteroatoms. The third-order valence-corrected chi connectivity index (χ3v) is 6.37. The molecule has 0 bridgehead atoms. The molecule has 0 aromatic carbocycles. The normalized spacial score (nSPS) is 33.0. The van der Waals surface area contributed by atoms with Gasteiger partial charge in [-0.2, -0.15) is 0 Å². The Balaban J connectivity index is 0.000000595. The van der Waals surface area contributed by atoms with Gasteiger partial charge >= 0.3 is 0 Å². The first-order valence-corrected chi connectivity index (χ1v) is 9.68. The molecule has 1 saturated heterocycles. The van der Waals surface area contributed by atoms with Crippen LogP contribution in [0.2, 0.25) is 0 Å². The number of piperidine rings is 1. The zero-order valence-electron chi connectivity index (χ0n) is 14.6. The van der Waals surface area contributed by atoms with Crippen LogP contribution in [0.25, 0.3) is 0 Å². The summed E-state index contributed by atoms with van der Waals surface area (Å²) in [4.78, 5) is 11.0. The van der Waals surface area contributed by atoms with E-state index in [0.717, 1.165) is 12.3 Å². The number of hydrogen-bond donors (Lipinski definition) is 2. The minimum atomic E-state index is -0.250. The Morgan fingerprint density at radius 3 is 2.26 bits per heavy atom. The van der Waals surface area contributed by atoms with Crippen LogP contribution in [0.5, 0.6) is 0 Å². The molecule has 2 aliphatic carbocycles. The third-order valence-electron chi connectivity index (χ3n) is 6.37. The van der Waals surface area contributed by atoms with E-state index in [1.807, 2.05) is 0 Å². The van der Waals surface area contributed by atoms with Gasteiger partial charge in [0.25, 0.3) is 6.47 Å². The Morgan fingerprint density at radius 2 is 1.65 bits per heavy atom. The highest BCUT2D eigenvalue weighted by Crippen LogP contribution is 2.45. The number of carbonyl (C=O) groups is 1. The third kappa shape index (κ3) is 5.46. The monoisotopic (exact) mass is 325 g/mol. The minimum Gasteiger partial charge on any atom is -0.483 e. The molecule has 4 nitrogen and oxygen atoms in total. The Labute approximate surface area is 141 Å². The number of nitrogens with zero attached hydrogens (tertiary/aromatic N) is 1. The predicted octanol–water partition coefficient (Wildman–Crippen LogP) is 3.67. The fourth-order valence-electron chi connectivity index (χ4n) is 5.06. The van der Waals surface area contributed by atoms with E-state index in [4.69, 9.17) is 9.90 Å². The molecule has 1 aliphatic heterocycles. The van der Waals surface area contributed by atoms with Crippen molar-refractivity contribution in [3.8, 4) is 0 Å². The van der Waals surface area contributed by atoms with E-state index in [1.54, 1.807) is 0 Å². The lowest BCUT2D eigenvalue weighted by molar-refractivity contribution is -0.122. The van der Waals surface area contributed by atoms with Gasteiger partial charge in [-0.05, 0) is 51.1 Å². The van der Waals surface area contributed by atoms with Crippen molar-refractivity contribution in [3.05, 3.63) is 0 Å². The fourth-order valence-corrected chi connectivity index (χ4v) is 5.06. The lowest BCUT2D eigenvalue weighted by Crippen LogP contribution is -2.47. The van der Waals surface area contributed by atoms with Crippen molar-refractivity contribution in [3.63, 3.8) is 0 Å². The first-order chi connectivity index (χ1) is 11.2. The smallest absolute Gasteiger partial charge is 0.290 e. The van der Waals surface area contributed by atoms with Crippen LogP contribution in [0.1, 0.15) is 77.0 Å². The van der Waals surface area contributed by atoms with Crippen LogP contribution in [0.15, 0.2) is 0 Å². The zero-order chi connectivity index (χ0) is 16.5. The molecule has 2 N–H and O–H groups in total. The summed E-state index contributed by atoms with van der Waals surface area (Å²) in [6.07, 6.45) is 16.4. The summed E-state index contributed by atoms with van der Waals surface area (Å²) in [5.74, 6) is 0.990. The quantitative estimate of drug-likeness (QED) is 0.614. The number of carboxylic acid groups (broad SMARTS) is 1. The molecule has 0 aromatic rings. The van der Waals surface area contributed by atoms with Crippen molar-refractivity contribution < 1.29 is 15.0 Å². The van der Waals surface area contributed by atoms with E-state index in [-0.39, 0.29) is 18.0 Å². The Morgan fingerprint density at radius 1 is 1.00 bits per heavy atom. The molecule has 3 aliphatic rings. The molecule has 0 aromatic heterocycles. The topological polar surface area (TPSA) is 60.8 Å². The predicted molar refractivity (Wildman–Crippen MR) is 92.5 cm³/mol. The molecule has 2 saturated carbocycles. The maximum atomic E-state index is 10.3. The van der Waals surface area contributed by atoms with Gasteiger partial charge in [-0.15, -0.1) is 0 Å². The summed E-state index contributed by atoms with van der Waals surface area (Å²) in [6, 6.07) is 0. The fraction of sp³-hybridized carbons (Fsp3) is 0.947. The number of rotatable bonds is 3. The van der Waals surface area contributed by atoms with Crippen molar-refractivity contribution in [2.24, 2.45) is 11.3 Å². The van der Waals surface area contributed by atoms with Crippen molar-refractivity contribution in [1.82, 2.24) is 4.90 Å². The van der Waals surface area contributed by atoms with Gasteiger partial charge in [0.05, 0.1) is 6.10 Å².